The highest BCUT2D eigenvalue weighted by Gasteiger charge is 2.38. The van der Waals surface area contributed by atoms with Crippen LogP contribution in [0, 0.1) is 10.1 Å². The van der Waals surface area contributed by atoms with Gasteiger partial charge in [-0.3, -0.25) is 14.8 Å². The van der Waals surface area contributed by atoms with Crippen LogP contribution >= 0.6 is 0 Å². The van der Waals surface area contributed by atoms with Gasteiger partial charge < -0.3 is 5.11 Å². The molecule has 0 aliphatic carbocycles. The highest BCUT2D eigenvalue weighted by molar-refractivity contribution is 5.72. The monoisotopic (exact) mass is 301 g/mol. The third-order valence-corrected chi connectivity index (χ3v) is 2.78. The summed E-state index contributed by atoms with van der Waals surface area (Å²) in [5.74, 6) is 0. The summed E-state index contributed by atoms with van der Waals surface area (Å²) >= 11 is 0. The topological polar surface area (TPSA) is 81.2 Å². The standard InChI is InChI=1S/C12H10F3N3O3/c13-12(14,15)11(19)7-17-6-8(5-16-17)9-3-1-2-4-10(9)18(20)21/h1-6,11,19H,7H2/t11-/m1/s1. The molecule has 0 saturated carbocycles. The number of nitro groups is 1. The molecule has 0 unspecified atom stereocenters. The molecule has 0 spiro atoms. The van der Waals surface area contributed by atoms with Gasteiger partial charge >= 0.3 is 6.18 Å². The Balaban J connectivity index is 2.27. The molecule has 1 N–H and O–H groups in total. The molecular formula is C12H10F3N3O3. The number of halogens is 3. The van der Waals surface area contributed by atoms with Crippen LogP contribution in [0.2, 0.25) is 0 Å². The minimum atomic E-state index is -4.75. The van der Waals surface area contributed by atoms with Crippen molar-refractivity contribution in [1.82, 2.24) is 9.78 Å². The fraction of sp³-hybridized carbons (Fsp3) is 0.250. The summed E-state index contributed by atoms with van der Waals surface area (Å²) in [7, 11) is 0. The Morgan fingerprint density at radius 3 is 2.67 bits per heavy atom. The number of rotatable bonds is 4. The number of aliphatic hydroxyl groups is 1. The molecule has 21 heavy (non-hydrogen) atoms. The van der Waals surface area contributed by atoms with E-state index in [-0.39, 0.29) is 11.3 Å². The first-order valence-corrected chi connectivity index (χ1v) is 5.80. The fourth-order valence-corrected chi connectivity index (χ4v) is 1.76. The van der Waals surface area contributed by atoms with Crippen LogP contribution < -0.4 is 0 Å². The molecule has 0 amide bonds. The zero-order chi connectivity index (χ0) is 15.6. The van der Waals surface area contributed by atoms with E-state index in [1.54, 1.807) is 6.07 Å². The van der Waals surface area contributed by atoms with Crippen LogP contribution in [0.15, 0.2) is 36.7 Å². The molecule has 0 aliphatic rings. The molecular weight excluding hydrogens is 291 g/mol. The smallest absolute Gasteiger partial charge is 0.382 e. The van der Waals surface area contributed by atoms with E-state index >= 15 is 0 Å². The summed E-state index contributed by atoms with van der Waals surface area (Å²) in [6, 6.07) is 5.82. The zero-order valence-electron chi connectivity index (χ0n) is 10.5. The van der Waals surface area contributed by atoms with Gasteiger partial charge in [0.05, 0.1) is 23.2 Å². The molecule has 9 heteroatoms. The van der Waals surface area contributed by atoms with Gasteiger partial charge in [0.2, 0.25) is 0 Å². The molecule has 2 aromatic rings. The minimum absolute atomic E-state index is 0.173. The molecule has 0 bridgehead atoms. The summed E-state index contributed by atoms with van der Waals surface area (Å²) in [4.78, 5) is 10.3. The molecule has 0 saturated heterocycles. The average molecular weight is 301 g/mol. The second kappa shape index (κ2) is 5.52. The van der Waals surface area contributed by atoms with Gasteiger partial charge in [0.1, 0.15) is 0 Å². The number of aliphatic hydroxyl groups excluding tert-OH is 1. The van der Waals surface area contributed by atoms with Gasteiger partial charge in [0, 0.05) is 17.8 Å². The molecule has 0 aliphatic heterocycles. The number of hydrogen-bond acceptors (Lipinski definition) is 4. The van der Waals surface area contributed by atoms with Crippen molar-refractivity contribution in [3.8, 4) is 11.1 Å². The summed E-state index contributed by atoms with van der Waals surface area (Å²) < 4.78 is 37.7. The highest BCUT2D eigenvalue weighted by Crippen LogP contribution is 2.29. The van der Waals surface area contributed by atoms with E-state index in [9.17, 15) is 23.3 Å². The number of para-hydroxylation sites is 1. The van der Waals surface area contributed by atoms with Crippen LogP contribution in [0.4, 0.5) is 18.9 Å². The first-order valence-electron chi connectivity index (χ1n) is 5.80. The molecule has 0 radical (unpaired) electrons. The van der Waals surface area contributed by atoms with Gasteiger partial charge in [-0.05, 0) is 6.07 Å². The number of benzene rings is 1. The number of aromatic nitrogens is 2. The normalized spacial score (nSPS) is 13.1. The molecule has 112 valence electrons. The van der Waals surface area contributed by atoms with E-state index in [4.69, 9.17) is 5.11 Å². The Hall–Kier alpha value is -2.42. The maximum Gasteiger partial charge on any atom is 0.416 e. The summed E-state index contributed by atoms with van der Waals surface area (Å²) in [5, 5.41) is 23.5. The van der Waals surface area contributed by atoms with Crippen molar-refractivity contribution in [2.75, 3.05) is 0 Å². The van der Waals surface area contributed by atoms with Crippen LogP contribution in [-0.2, 0) is 6.54 Å². The Morgan fingerprint density at radius 1 is 1.38 bits per heavy atom. The van der Waals surface area contributed by atoms with E-state index < -0.39 is 23.7 Å². The predicted octanol–water partition coefficient (Wildman–Crippen LogP) is 2.38. The van der Waals surface area contributed by atoms with Crippen molar-refractivity contribution >= 4 is 5.69 Å². The van der Waals surface area contributed by atoms with Gasteiger partial charge in [-0.1, -0.05) is 12.1 Å². The largest absolute Gasteiger partial charge is 0.416 e. The Morgan fingerprint density at radius 2 is 2.05 bits per heavy atom. The van der Waals surface area contributed by atoms with E-state index in [1.165, 1.54) is 30.6 Å². The lowest BCUT2D eigenvalue weighted by molar-refractivity contribution is -0.384. The SMILES string of the molecule is O=[N+]([O-])c1ccccc1-c1cnn(C[C@@H](O)C(F)(F)F)c1. The van der Waals surface area contributed by atoms with Gasteiger partial charge in [-0.15, -0.1) is 0 Å². The van der Waals surface area contributed by atoms with Crippen molar-refractivity contribution in [3.63, 3.8) is 0 Å². The van der Waals surface area contributed by atoms with Crippen LogP contribution in [0.1, 0.15) is 0 Å². The number of nitrogens with zero attached hydrogens (tertiary/aromatic N) is 3. The second-order valence-electron chi connectivity index (χ2n) is 4.28. The van der Waals surface area contributed by atoms with Crippen LogP contribution in [0.5, 0.6) is 0 Å². The molecule has 1 atom stereocenters. The Labute approximate surface area is 116 Å². The quantitative estimate of drug-likeness (QED) is 0.694. The van der Waals surface area contributed by atoms with E-state index in [2.05, 4.69) is 5.10 Å². The lowest BCUT2D eigenvalue weighted by atomic mass is 10.1. The van der Waals surface area contributed by atoms with Gasteiger partial charge in [-0.25, -0.2) is 0 Å². The van der Waals surface area contributed by atoms with E-state index in [0.717, 1.165) is 4.68 Å². The van der Waals surface area contributed by atoms with Crippen molar-refractivity contribution in [3.05, 3.63) is 46.8 Å². The molecule has 1 aromatic carbocycles. The fourth-order valence-electron chi connectivity index (χ4n) is 1.76. The first-order chi connectivity index (χ1) is 9.79. The average Bonchev–Trinajstić information content (AvgIpc) is 2.86. The van der Waals surface area contributed by atoms with Crippen LogP contribution in [0.3, 0.4) is 0 Å². The van der Waals surface area contributed by atoms with Gasteiger partial charge in [0.15, 0.2) is 6.10 Å². The lowest BCUT2D eigenvalue weighted by Crippen LogP contribution is -2.32. The third-order valence-electron chi connectivity index (χ3n) is 2.78. The lowest BCUT2D eigenvalue weighted by Gasteiger charge is -2.13. The summed E-state index contributed by atoms with van der Waals surface area (Å²) in [6.07, 6.45) is -4.86. The molecule has 6 nitrogen and oxygen atoms in total. The molecule has 0 fully saturated rings. The molecule has 1 heterocycles. The van der Waals surface area contributed by atoms with Gasteiger partial charge in [0.25, 0.3) is 5.69 Å². The Bertz CT molecular complexity index is 654. The second-order valence-corrected chi connectivity index (χ2v) is 4.28. The molecule has 1 aromatic heterocycles. The predicted molar refractivity (Wildman–Crippen MR) is 66.4 cm³/mol. The van der Waals surface area contributed by atoms with Crippen molar-refractivity contribution < 1.29 is 23.2 Å². The highest BCUT2D eigenvalue weighted by atomic mass is 19.4. The van der Waals surface area contributed by atoms with E-state index in [1.807, 2.05) is 0 Å². The number of nitro benzene ring substituents is 1. The third kappa shape index (κ3) is 3.37. The van der Waals surface area contributed by atoms with E-state index in [0.29, 0.717) is 5.56 Å². The summed E-state index contributed by atoms with van der Waals surface area (Å²) in [6.45, 7) is -0.774. The van der Waals surface area contributed by atoms with Crippen LogP contribution in [0.25, 0.3) is 11.1 Å². The van der Waals surface area contributed by atoms with Crippen LogP contribution in [-0.4, -0.2) is 32.1 Å². The van der Waals surface area contributed by atoms with Gasteiger partial charge in [-0.2, -0.15) is 18.3 Å². The van der Waals surface area contributed by atoms with Crippen molar-refractivity contribution in [2.24, 2.45) is 0 Å². The number of alkyl halides is 3. The van der Waals surface area contributed by atoms with Crippen molar-refractivity contribution in [1.29, 1.82) is 0 Å². The zero-order valence-corrected chi connectivity index (χ0v) is 10.5. The first kappa shape index (κ1) is 15.0. The minimum Gasteiger partial charge on any atom is -0.382 e. The maximum absolute atomic E-state index is 12.3. The van der Waals surface area contributed by atoms with Crippen molar-refractivity contribution in [2.45, 2.75) is 18.8 Å². The summed E-state index contributed by atoms with van der Waals surface area (Å²) in [5.41, 5.74) is 0.375. The number of hydrogen-bond donors (Lipinski definition) is 1. The molecule has 2 rings (SSSR count). The maximum atomic E-state index is 12.3. The Kier molecular flexibility index (Phi) is 3.94.